The van der Waals surface area contributed by atoms with Gasteiger partial charge in [0, 0.05) is 6.04 Å². The lowest BCUT2D eigenvalue weighted by atomic mass is 9.61. The average molecular weight is 698 g/mol. The van der Waals surface area contributed by atoms with Gasteiger partial charge in [-0.25, -0.2) is 0 Å². The summed E-state index contributed by atoms with van der Waals surface area (Å²) < 4.78 is 0. The first-order valence-electron chi connectivity index (χ1n) is 19.2. The SMILES string of the molecule is CC(N)c1ccccc1.CCc1ccc2c(c1)C1(c3ccccc3Cc3ccccc31)c1ccc3ccccc3c1-2.Cc1ccc(-c2ccccc2)cc1. The minimum Gasteiger partial charge on any atom is -0.324 e. The Morgan fingerprint density at radius 1 is 0.537 bits per heavy atom. The molecule has 0 radical (unpaired) electrons. The Balaban J connectivity index is 0.000000154. The van der Waals surface area contributed by atoms with Crippen LogP contribution in [-0.4, -0.2) is 0 Å². The Kier molecular flexibility index (Phi) is 9.83. The molecule has 2 aliphatic rings. The molecule has 10 rings (SSSR count). The van der Waals surface area contributed by atoms with Crippen molar-refractivity contribution in [3.05, 3.63) is 238 Å². The fourth-order valence-corrected chi connectivity index (χ4v) is 8.50. The van der Waals surface area contributed by atoms with Crippen LogP contribution in [0.4, 0.5) is 0 Å². The van der Waals surface area contributed by atoms with Crippen LogP contribution in [0.2, 0.25) is 0 Å². The van der Waals surface area contributed by atoms with Crippen LogP contribution in [0, 0.1) is 6.92 Å². The standard InChI is InChI=1S/C32H24.C13H12.C8H11N/c1-2-21-15-17-26-30(19-21)32(29-18-16-22-9-3-6-12-25(22)31(26)29)27-13-7-4-10-23(27)20-24-11-5-8-14-28(24)32;1-11-7-9-13(10-8-11)12-5-3-2-4-6-12;1-7(9)8-5-3-2-4-6-8/h3-19H,2,20H2,1H3;2-10H,1H3;2-7H,9H2,1H3. The Labute approximate surface area is 320 Å². The van der Waals surface area contributed by atoms with Gasteiger partial charge in [-0.15, -0.1) is 0 Å². The van der Waals surface area contributed by atoms with Crippen molar-refractivity contribution in [2.45, 2.75) is 45.1 Å². The van der Waals surface area contributed by atoms with E-state index in [0.717, 1.165) is 12.8 Å². The van der Waals surface area contributed by atoms with Gasteiger partial charge >= 0.3 is 0 Å². The van der Waals surface area contributed by atoms with Crippen LogP contribution in [0.1, 0.15) is 70.0 Å². The third-order valence-corrected chi connectivity index (χ3v) is 11.2. The first-order valence-corrected chi connectivity index (χ1v) is 19.2. The summed E-state index contributed by atoms with van der Waals surface area (Å²) in [6.07, 6.45) is 2.05. The highest BCUT2D eigenvalue weighted by Gasteiger charge is 2.50. The third kappa shape index (κ3) is 6.36. The van der Waals surface area contributed by atoms with E-state index in [1.54, 1.807) is 0 Å². The van der Waals surface area contributed by atoms with Crippen molar-refractivity contribution in [2.24, 2.45) is 5.73 Å². The second-order valence-electron chi connectivity index (χ2n) is 14.6. The van der Waals surface area contributed by atoms with E-state index in [2.05, 4.69) is 166 Å². The summed E-state index contributed by atoms with van der Waals surface area (Å²) in [4.78, 5) is 0. The molecule has 1 heteroatoms. The van der Waals surface area contributed by atoms with E-state index >= 15 is 0 Å². The first-order chi connectivity index (χ1) is 26.5. The maximum atomic E-state index is 5.61. The maximum absolute atomic E-state index is 5.61. The molecule has 8 aromatic carbocycles. The van der Waals surface area contributed by atoms with Gasteiger partial charge in [-0.05, 0) is 104 Å². The van der Waals surface area contributed by atoms with Gasteiger partial charge in [0.2, 0.25) is 0 Å². The lowest BCUT2D eigenvalue weighted by Gasteiger charge is -2.40. The van der Waals surface area contributed by atoms with E-state index in [1.807, 2.05) is 43.3 Å². The number of aryl methyl sites for hydroxylation is 2. The Bertz CT molecular complexity index is 2480. The highest BCUT2D eigenvalue weighted by atomic mass is 14.6. The molecule has 1 atom stereocenters. The molecule has 0 aromatic heterocycles. The van der Waals surface area contributed by atoms with Crippen molar-refractivity contribution in [1.82, 2.24) is 0 Å². The zero-order chi connectivity index (χ0) is 37.1. The van der Waals surface area contributed by atoms with E-state index in [4.69, 9.17) is 5.73 Å². The smallest absolute Gasteiger partial charge is 0.0719 e. The molecular formula is C53H47N. The lowest BCUT2D eigenvalue weighted by Crippen LogP contribution is -2.34. The highest BCUT2D eigenvalue weighted by molar-refractivity contribution is 6.04. The van der Waals surface area contributed by atoms with Gasteiger partial charge < -0.3 is 5.73 Å². The number of benzene rings is 8. The molecule has 2 aliphatic carbocycles. The van der Waals surface area contributed by atoms with E-state index in [1.165, 1.54) is 83.1 Å². The van der Waals surface area contributed by atoms with Crippen LogP contribution in [0.25, 0.3) is 33.0 Å². The summed E-state index contributed by atoms with van der Waals surface area (Å²) >= 11 is 0. The van der Waals surface area contributed by atoms with Gasteiger partial charge in [0.05, 0.1) is 5.41 Å². The van der Waals surface area contributed by atoms with Crippen LogP contribution in [-0.2, 0) is 18.3 Å². The molecule has 0 aliphatic heterocycles. The second-order valence-corrected chi connectivity index (χ2v) is 14.6. The molecule has 264 valence electrons. The predicted molar refractivity (Wildman–Crippen MR) is 229 cm³/mol. The van der Waals surface area contributed by atoms with Crippen molar-refractivity contribution >= 4 is 10.8 Å². The maximum Gasteiger partial charge on any atom is 0.0719 e. The quantitative estimate of drug-likeness (QED) is 0.195. The average Bonchev–Trinajstić information content (AvgIpc) is 3.52. The summed E-state index contributed by atoms with van der Waals surface area (Å²) in [6.45, 7) is 6.35. The van der Waals surface area contributed by atoms with Crippen molar-refractivity contribution < 1.29 is 0 Å². The van der Waals surface area contributed by atoms with Crippen LogP contribution >= 0.6 is 0 Å². The third-order valence-electron chi connectivity index (χ3n) is 11.2. The molecule has 0 bridgehead atoms. The molecule has 8 aromatic rings. The molecule has 0 saturated carbocycles. The van der Waals surface area contributed by atoms with Crippen LogP contribution in [0.5, 0.6) is 0 Å². The fraction of sp³-hybridized carbons (Fsp3) is 0.132. The largest absolute Gasteiger partial charge is 0.324 e. The number of rotatable bonds is 3. The number of fused-ring (bicyclic) bond motifs is 11. The summed E-state index contributed by atoms with van der Waals surface area (Å²) in [6, 6.07) is 68.2. The van der Waals surface area contributed by atoms with Gasteiger partial charge in [-0.2, -0.15) is 0 Å². The minimum atomic E-state index is -0.259. The van der Waals surface area contributed by atoms with E-state index in [9.17, 15) is 0 Å². The topological polar surface area (TPSA) is 26.0 Å². The normalized spacial score (nSPS) is 13.3. The molecular weight excluding hydrogens is 651 g/mol. The summed E-state index contributed by atoms with van der Waals surface area (Å²) in [5.41, 5.74) is 23.3. The fourth-order valence-electron chi connectivity index (χ4n) is 8.50. The molecule has 1 spiro atoms. The van der Waals surface area contributed by atoms with Crippen molar-refractivity contribution in [3.8, 4) is 22.3 Å². The van der Waals surface area contributed by atoms with Crippen molar-refractivity contribution in [1.29, 1.82) is 0 Å². The summed E-state index contributed by atoms with van der Waals surface area (Å²) in [5, 5.41) is 2.67. The Morgan fingerprint density at radius 2 is 1.11 bits per heavy atom. The van der Waals surface area contributed by atoms with E-state index in [0.29, 0.717) is 0 Å². The van der Waals surface area contributed by atoms with Gasteiger partial charge in [0.1, 0.15) is 0 Å². The van der Waals surface area contributed by atoms with E-state index < -0.39 is 0 Å². The molecule has 0 saturated heterocycles. The predicted octanol–water partition coefficient (Wildman–Crippen LogP) is 13.0. The number of hydrogen-bond acceptors (Lipinski definition) is 1. The van der Waals surface area contributed by atoms with Crippen LogP contribution < -0.4 is 5.73 Å². The molecule has 54 heavy (non-hydrogen) atoms. The zero-order valence-electron chi connectivity index (χ0n) is 31.5. The molecule has 0 amide bonds. The minimum absolute atomic E-state index is 0.159. The van der Waals surface area contributed by atoms with Crippen LogP contribution in [0.15, 0.2) is 188 Å². The van der Waals surface area contributed by atoms with E-state index in [-0.39, 0.29) is 11.5 Å². The molecule has 1 nitrogen and oxygen atoms in total. The zero-order valence-corrected chi connectivity index (χ0v) is 31.5. The number of hydrogen-bond donors (Lipinski definition) is 1. The van der Waals surface area contributed by atoms with Gasteiger partial charge in [-0.1, -0.05) is 201 Å². The molecule has 2 N–H and O–H groups in total. The molecule has 1 unspecified atom stereocenters. The summed E-state index contributed by atoms with van der Waals surface area (Å²) in [5.74, 6) is 0. The molecule has 0 heterocycles. The van der Waals surface area contributed by atoms with Crippen LogP contribution in [0.3, 0.4) is 0 Å². The summed E-state index contributed by atoms with van der Waals surface area (Å²) in [7, 11) is 0. The molecule has 0 fully saturated rings. The monoisotopic (exact) mass is 697 g/mol. The number of nitrogens with two attached hydrogens (primary N) is 1. The van der Waals surface area contributed by atoms with Gasteiger partial charge in [-0.3, -0.25) is 0 Å². The van der Waals surface area contributed by atoms with Gasteiger partial charge in [0.25, 0.3) is 0 Å². The first kappa shape index (κ1) is 35.0. The van der Waals surface area contributed by atoms with Crippen molar-refractivity contribution in [2.75, 3.05) is 0 Å². The second kappa shape index (κ2) is 15.1. The Hall–Kier alpha value is -6.02. The highest BCUT2D eigenvalue weighted by Crippen LogP contribution is 2.60. The lowest BCUT2D eigenvalue weighted by molar-refractivity contribution is 0.721. The Morgan fingerprint density at radius 3 is 1.74 bits per heavy atom. The van der Waals surface area contributed by atoms with Gasteiger partial charge in [0.15, 0.2) is 0 Å². The van der Waals surface area contributed by atoms with Crippen molar-refractivity contribution in [3.63, 3.8) is 0 Å².